The highest BCUT2D eigenvalue weighted by molar-refractivity contribution is 6.09. The Balaban J connectivity index is 2.23. The Hall–Kier alpha value is -1.12. The third-order valence-electron chi connectivity index (χ3n) is 1.76. The Kier molecular flexibility index (Phi) is 3.02. The van der Waals surface area contributed by atoms with E-state index in [2.05, 4.69) is 11.7 Å². The number of cyclic esters (lactones) is 2. The summed E-state index contributed by atoms with van der Waals surface area (Å²) in [6.07, 6.45) is 6.43. The van der Waals surface area contributed by atoms with E-state index < -0.39 is 5.92 Å². The molecule has 0 aromatic carbocycles. The molecule has 0 bridgehead atoms. The highest BCUT2D eigenvalue weighted by Crippen LogP contribution is 2.18. The van der Waals surface area contributed by atoms with E-state index in [1.165, 1.54) is 0 Å². The molecule has 0 radical (unpaired) electrons. The zero-order valence-electron chi connectivity index (χ0n) is 7.08. The number of hydrogen-bond acceptors (Lipinski definition) is 3. The van der Waals surface area contributed by atoms with Crippen molar-refractivity contribution in [1.29, 1.82) is 0 Å². The van der Waals surface area contributed by atoms with Crippen LogP contribution in [0.5, 0.6) is 0 Å². The van der Waals surface area contributed by atoms with Crippen molar-refractivity contribution in [2.75, 3.05) is 0 Å². The first-order valence-corrected chi connectivity index (χ1v) is 4.16. The molecule has 3 nitrogen and oxygen atoms in total. The molecule has 66 valence electrons. The Labute approximate surface area is 71.4 Å². The molecule has 1 saturated heterocycles. The first-order chi connectivity index (χ1) is 5.75. The largest absolute Gasteiger partial charge is 0.392 e. The Morgan fingerprint density at radius 2 is 2.00 bits per heavy atom. The van der Waals surface area contributed by atoms with Crippen LogP contribution in [0, 0.1) is 5.92 Å². The van der Waals surface area contributed by atoms with Crippen LogP contribution in [0.1, 0.15) is 26.2 Å². The highest BCUT2D eigenvalue weighted by atomic mass is 16.6. The molecule has 0 aromatic heterocycles. The summed E-state index contributed by atoms with van der Waals surface area (Å²) in [7, 11) is 0. The zero-order chi connectivity index (χ0) is 8.97. The van der Waals surface area contributed by atoms with Crippen molar-refractivity contribution in [2.24, 2.45) is 5.92 Å². The van der Waals surface area contributed by atoms with Crippen LogP contribution in [0.25, 0.3) is 0 Å². The molecule has 1 aliphatic rings. The highest BCUT2D eigenvalue weighted by Gasteiger charge is 2.40. The summed E-state index contributed by atoms with van der Waals surface area (Å²) in [5.41, 5.74) is 0. The molecule has 12 heavy (non-hydrogen) atoms. The van der Waals surface area contributed by atoms with Gasteiger partial charge in [-0.05, 0) is 12.8 Å². The van der Waals surface area contributed by atoms with Gasteiger partial charge >= 0.3 is 11.9 Å². The molecule has 0 aromatic rings. The van der Waals surface area contributed by atoms with E-state index >= 15 is 0 Å². The van der Waals surface area contributed by atoms with Gasteiger partial charge in [0.2, 0.25) is 0 Å². The Morgan fingerprint density at radius 3 is 2.50 bits per heavy atom. The molecule has 1 heterocycles. The van der Waals surface area contributed by atoms with Gasteiger partial charge in [-0.15, -0.1) is 0 Å². The lowest BCUT2D eigenvalue weighted by atomic mass is 10.0. The van der Waals surface area contributed by atoms with Gasteiger partial charge < -0.3 is 4.74 Å². The molecule has 0 N–H and O–H groups in total. The Bertz CT molecular complexity index is 204. The van der Waals surface area contributed by atoms with Gasteiger partial charge in [0.25, 0.3) is 0 Å². The Morgan fingerprint density at radius 1 is 1.33 bits per heavy atom. The van der Waals surface area contributed by atoms with Gasteiger partial charge in [0.1, 0.15) is 0 Å². The van der Waals surface area contributed by atoms with Gasteiger partial charge in [-0.2, -0.15) is 0 Å². The fraction of sp³-hybridized carbons (Fsp3) is 0.556. The number of allylic oxidation sites excluding steroid dienone is 2. The minimum Gasteiger partial charge on any atom is -0.392 e. The maximum absolute atomic E-state index is 10.6. The lowest BCUT2D eigenvalue weighted by molar-refractivity contribution is -0.183. The van der Waals surface area contributed by atoms with Crippen molar-refractivity contribution >= 4 is 11.9 Å². The lowest BCUT2D eigenvalue weighted by Crippen LogP contribution is -2.40. The van der Waals surface area contributed by atoms with Crippen LogP contribution in [0.2, 0.25) is 0 Å². The SMILES string of the molecule is CCC/C=C/CC1C(=O)OC1=O. The van der Waals surface area contributed by atoms with Crippen LogP contribution in [0.3, 0.4) is 0 Å². The van der Waals surface area contributed by atoms with Crippen molar-refractivity contribution < 1.29 is 14.3 Å². The normalized spacial score (nSPS) is 18.1. The number of unbranched alkanes of at least 4 members (excludes halogenated alkanes) is 1. The molecule has 1 fully saturated rings. The van der Waals surface area contributed by atoms with Crippen molar-refractivity contribution in [1.82, 2.24) is 0 Å². The van der Waals surface area contributed by atoms with Gasteiger partial charge in [-0.25, -0.2) is 0 Å². The summed E-state index contributed by atoms with van der Waals surface area (Å²) in [5.74, 6) is -1.29. The van der Waals surface area contributed by atoms with Gasteiger partial charge in [0, 0.05) is 0 Å². The molecular formula is C9H12O3. The second-order valence-corrected chi connectivity index (χ2v) is 2.79. The lowest BCUT2D eigenvalue weighted by Gasteiger charge is -2.19. The van der Waals surface area contributed by atoms with Crippen LogP contribution < -0.4 is 0 Å². The number of ether oxygens (including phenoxy) is 1. The predicted octanol–water partition coefficient (Wildman–Crippen LogP) is 1.43. The van der Waals surface area contributed by atoms with Gasteiger partial charge in [-0.1, -0.05) is 25.5 Å². The minimum absolute atomic E-state index is 0.388. The fourth-order valence-electron chi connectivity index (χ4n) is 0.989. The van der Waals surface area contributed by atoms with Gasteiger partial charge in [0.15, 0.2) is 5.92 Å². The molecule has 0 amide bonds. The van der Waals surface area contributed by atoms with Gasteiger partial charge in [-0.3, -0.25) is 9.59 Å². The molecule has 1 rings (SSSR count). The van der Waals surface area contributed by atoms with Crippen LogP contribution in [-0.4, -0.2) is 11.9 Å². The first-order valence-electron chi connectivity index (χ1n) is 4.16. The summed E-state index contributed by atoms with van der Waals surface area (Å²) < 4.78 is 4.20. The third kappa shape index (κ3) is 1.94. The molecule has 0 spiro atoms. The second kappa shape index (κ2) is 4.04. The number of carbonyl (C=O) groups excluding carboxylic acids is 2. The number of rotatable bonds is 4. The maximum atomic E-state index is 10.6. The van der Waals surface area contributed by atoms with Crippen LogP contribution in [0.15, 0.2) is 12.2 Å². The van der Waals surface area contributed by atoms with Crippen molar-refractivity contribution in [3.63, 3.8) is 0 Å². The van der Waals surface area contributed by atoms with E-state index in [0.29, 0.717) is 6.42 Å². The monoisotopic (exact) mass is 168 g/mol. The summed E-state index contributed by atoms with van der Waals surface area (Å²) in [6, 6.07) is 0. The quantitative estimate of drug-likeness (QED) is 0.362. The number of esters is 2. The third-order valence-corrected chi connectivity index (χ3v) is 1.76. The van der Waals surface area contributed by atoms with Crippen LogP contribution in [-0.2, 0) is 14.3 Å². The molecule has 0 aliphatic carbocycles. The maximum Gasteiger partial charge on any atom is 0.328 e. The van der Waals surface area contributed by atoms with Gasteiger partial charge in [0.05, 0.1) is 0 Å². The summed E-state index contributed by atoms with van der Waals surface area (Å²) in [6.45, 7) is 2.08. The minimum atomic E-state index is -0.516. The average Bonchev–Trinajstić information content (AvgIpc) is 2.04. The smallest absolute Gasteiger partial charge is 0.328 e. The van der Waals surface area contributed by atoms with E-state index in [0.717, 1.165) is 12.8 Å². The van der Waals surface area contributed by atoms with E-state index in [4.69, 9.17) is 0 Å². The second-order valence-electron chi connectivity index (χ2n) is 2.79. The number of hydrogen-bond donors (Lipinski definition) is 0. The topological polar surface area (TPSA) is 43.4 Å². The van der Waals surface area contributed by atoms with Crippen LogP contribution >= 0.6 is 0 Å². The van der Waals surface area contributed by atoms with Crippen molar-refractivity contribution in [2.45, 2.75) is 26.2 Å². The van der Waals surface area contributed by atoms with Crippen LogP contribution in [0.4, 0.5) is 0 Å². The van der Waals surface area contributed by atoms with Crippen molar-refractivity contribution in [3.05, 3.63) is 12.2 Å². The summed E-state index contributed by atoms with van der Waals surface area (Å²) in [5, 5.41) is 0. The van der Waals surface area contributed by atoms with Crippen molar-refractivity contribution in [3.8, 4) is 0 Å². The fourth-order valence-corrected chi connectivity index (χ4v) is 0.989. The standard InChI is InChI=1S/C9H12O3/c1-2-3-4-5-6-7-8(10)12-9(7)11/h4-5,7H,2-3,6H2,1H3/b5-4+. The zero-order valence-corrected chi connectivity index (χ0v) is 7.08. The van der Waals surface area contributed by atoms with E-state index in [9.17, 15) is 9.59 Å². The summed E-state index contributed by atoms with van der Waals surface area (Å²) in [4.78, 5) is 21.3. The van der Waals surface area contributed by atoms with E-state index in [1.807, 2.05) is 12.2 Å². The molecule has 0 unspecified atom stereocenters. The predicted molar refractivity (Wildman–Crippen MR) is 43.3 cm³/mol. The number of carbonyl (C=O) groups is 2. The summed E-state index contributed by atoms with van der Waals surface area (Å²) >= 11 is 0. The molecule has 3 heteroatoms. The molecule has 0 saturated carbocycles. The molecular weight excluding hydrogens is 156 g/mol. The van der Waals surface area contributed by atoms with E-state index in [-0.39, 0.29) is 11.9 Å². The molecule has 1 aliphatic heterocycles. The average molecular weight is 168 g/mol. The van der Waals surface area contributed by atoms with E-state index in [1.54, 1.807) is 0 Å². The molecule has 0 atom stereocenters. The first kappa shape index (κ1) is 8.97.